The zero-order valence-electron chi connectivity index (χ0n) is 11.1. The fraction of sp³-hybridized carbons (Fsp3) is 0.600. The summed E-state index contributed by atoms with van der Waals surface area (Å²) in [6, 6.07) is 9.69. The van der Waals surface area contributed by atoms with Crippen molar-refractivity contribution in [2.75, 3.05) is 20.1 Å². The summed E-state index contributed by atoms with van der Waals surface area (Å²) in [6.45, 7) is 5.57. The molecule has 1 atom stereocenters. The highest BCUT2D eigenvalue weighted by molar-refractivity contribution is 5.22. The second-order valence-electron chi connectivity index (χ2n) is 5.08. The molecule has 17 heavy (non-hydrogen) atoms. The SMILES string of the molecule is CCc1ccc(CNCC2CCCN2C)cc1. The lowest BCUT2D eigenvalue weighted by Gasteiger charge is -2.19. The van der Waals surface area contributed by atoms with Gasteiger partial charge >= 0.3 is 0 Å². The molecule has 94 valence electrons. The molecule has 2 nitrogen and oxygen atoms in total. The maximum Gasteiger partial charge on any atom is 0.0218 e. The molecule has 1 unspecified atom stereocenters. The predicted octanol–water partition coefficient (Wildman–Crippen LogP) is 2.43. The second kappa shape index (κ2) is 6.18. The molecule has 0 amide bonds. The van der Waals surface area contributed by atoms with Crippen LogP contribution in [0.4, 0.5) is 0 Å². The summed E-state index contributed by atoms with van der Waals surface area (Å²) >= 11 is 0. The predicted molar refractivity (Wildman–Crippen MR) is 73.2 cm³/mol. The highest BCUT2D eigenvalue weighted by atomic mass is 15.2. The minimum atomic E-state index is 0.741. The number of hydrogen-bond donors (Lipinski definition) is 1. The fourth-order valence-corrected chi connectivity index (χ4v) is 2.51. The minimum absolute atomic E-state index is 0.741. The molecule has 1 aromatic rings. The Morgan fingerprint density at radius 3 is 2.53 bits per heavy atom. The average molecular weight is 232 g/mol. The molecule has 1 saturated heterocycles. The van der Waals surface area contributed by atoms with Crippen molar-refractivity contribution in [3.8, 4) is 0 Å². The van der Waals surface area contributed by atoms with E-state index in [0.717, 1.165) is 25.6 Å². The number of aryl methyl sites for hydroxylation is 1. The van der Waals surface area contributed by atoms with Gasteiger partial charge in [-0.25, -0.2) is 0 Å². The van der Waals surface area contributed by atoms with Crippen molar-refractivity contribution >= 4 is 0 Å². The summed E-state index contributed by atoms with van der Waals surface area (Å²) < 4.78 is 0. The van der Waals surface area contributed by atoms with Crippen molar-refractivity contribution < 1.29 is 0 Å². The maximum absolute atomic E-state index is 3.57. The average Bonchev–Trinajstić information content (AvgIpc) is 2.76. The van der Waals surface area contributed by atoms with Crippen LogP contribution in [0.2, 0.25) is 0 Å². The van der Waals surface area contributed by atoms with Crippen molar-refractivity contribution in [2.24, 2.45) is 0 Å². The Morgan fingerprint density at radius 1 is 1.24 bits per heavy atom. The van der Waals surface area contributed by atoms with E-state index in [-0.39, 0.29) is 0 Å². The minimum Gasteiger partial charge on any atom is -0.311 e. The van der Waals surface area contributed by atoms with E-state index in [4.69, 9.17) is 0 Å². The quantitative estimate of drug-likeness (QED) is 0.839. The van der Waals surface area contributed by atoms with E-state index in [1.54, 1.807) is 0 Å². The molecule has 1 aromatic carbocycles. The third-order valence-corrected chi connectivity index (χ3v) is 3.81. The molecule has 1 aliphatic heterocycles. The molecule has 2 heteroatoms. The van der Waals surface area contributed by atoms with Crippen LogP contribution in [0.25, 0.3) is 0 Å². The molecule has 1 N–H and O–H groups in total. The van der Waals surface area contributed by atoms with Crippen molar-refractivity contribution in [2.45, 2.75) is 38.8 Å². The molecule has 0 aliphatic carbocycles. The fourth-order valence-electron chi connectivity index (χ4n) is 2.51. The van der Waals surface area contributed by atoms with E-state index in [0.29, 0.717) is 0 Å². The van der Waals surface area contributed by atoms with Gasteiger partial charge in [-0.2, -0.15) is 0 Å². The maximum atomic E-state index is 3.57. The highest BCUT2D eigenvalue weighted by Crippen LogP contribution is 2.13. The molecule has 2 rings (SSSR count). The van der Waals surface area contributed by atoms with Crippen molar-refractivity contribution in [1.29, 1.82) is 0 Å². The Hall–Kier alpha value is -0.860. The summed E-state index contributed by atoms with van der Waals surface area (Å²) in [6.07, 6.45) is 3.83. The Morgan fingerprint density at radius 2 is 1.94 bits per heavy atom. The lowest BCUT2D eigenvalue weighted by Crippen LogP contribution is -2.35. The van der Waals surface area contributed by atoms with Crippen molar-refractivity contribution in [3.05, 3.63) is 35.4 Å². The number of nitrogens with zero attached hydrogens (tertiary/aromatic N) is 1. The van der Waals surface area contributed by atoms with Gasteiger partial charge in [0.2, 0.25) is 0 Å². The zero-order chi connectivity index (χ0) is 12.1. The number of rotatable bonds is 5. The lowest BCUT2D eigenvalue weighted by atomic mass is 10.1. The Balaban J connectivity index is 1.73. The highest BCUT2D eigenvalue weighted by Gasteiger charge is 2.19. The molecular formula is C15H24N2. The van der Waals surface area contributed by atoms with E-state index in [1.807, 2.05) is 0 Å². The van der Waals surface area contributed by atoms with Crippen LogP contribution in [0.5, 0.6) is 0 Å². The van der Waals surface area contributed by atoms with Crippen LogP contribution < -0.4 is 5.32 Å². The van der Waals surface area contributed by atoms with Gasteiger partial charge in [0.25, 0.3) is 0 Å². The number of nitrogens with one attached hydrogen (secondary N) is 1. The number of likely N-dealkylation sites (N-methyl/N-ethyl adjacent to an activating group) is 1. The third-order valence-electron chi connectivity index (χ3n) is 3.81. The van der Waals surface area contributed by atoms with Crippen LogP contribution in [0.3, 0.4) is 0 Å². The van der Waals surface area contributed by atoms with Gasteiger partial charge in [0.15, 0.2) is 0 Å². The van der Waals surface area contributed by atoms with Crippen LogP contribution in [-0.2, 0) is 13.0 Å². The first-order chi connectivity index (χ1) is 8.29. The monoisotopic (exact) mass is 232 g/mol. The van der Waals surface area contributed by atoms with E-state index in [1.165, 1.54) is 30.5 Å². The van der Waals surface area contributed by atoms with E-state index >= 15 is 0 Å². The summed E-state index contributed by atoms with van der Waals surface area (Å²) in [7, 11) is 2.23. The topological polar surface area (TPSA) is 15.3 Å². The molecule has 0 aromatic heterocycles. The van der Waals surface area contributed by atoms with Crippen LogP contribution >= 0.6 is 0 Å². The summed E-state index contributed by atoms with van der Waals surface area (Å²) in [4.78, 5) is 2.47. The first kappa shape index (κ1) is 12.6. The van der Waals surface area contributed by atoms with E-state index < -0.39 is 0 Å². The summed E-state index contributed by atoms with van der Waals surface area (Å²) in [5, 5.41) is 3.57. The van der Waals surface area contributed by atoms with E-state index in [9.17, 15) is 0 Å². The normalized spacial score (nSPS) is 20.9. The van der Waals surface area contributed by atoms with Crippen LogP contribution in [0.15, 0.2) is 24.3 Å². The van der Waals surface area contributed by atoms with E-state index in [2.05, 4.69) is 48.5 Å². The molecule has 1 aliphatic rings. The van der Waals surface area contributed by atoms with Gasteiger partial charge in [-0.3, -0.25) is 0 Å². The van der Waals surface area contributed by atoms with Gasteiger partial charge in [-0.15, -0.1) is 0 Å². The molecule has 0 saturated carbocycles. The molecule has 1 heterocycles. The van der Waals surface area contributed by atoms with Crippen molar-refractivity contribution in [1.82, 2.24) is 10.2 Å². The molecule has 0 radical (unpaired) electrons. The van der Waals surface area contributed by atoms with Crippen LogP contribution in [-0.4, -0.2) is 31.1 Å². The van der Waals surface area contributed by atoms with Gasteiger partial charge in [0.1, 0.15) is 0 Å². The lowest BCUT2D eigenvalue weighted by molar-refractivity contribution is 0.300. The first-order valence-corrected chi connectivity index (χ1v) is 6.78. The Labute approximate surface area is 105 Å². The smallest absolute Gasteiger partial charge is 0.0218 e. The van der Waals surface area contributed by atoms with Crippen LogP contribution in [0, 0.1) is 0 Å². The number of benzene rings is 1. The molecule has 0 bridgehead atoms. The Kier molecular flexibility index (Phi) is 4.57. The Bertz CT molecular complexity index is 331. The van der Waals surface area contributed by atoms with Gasteiger partial charge in [-0.1, -0.05) is 31.2 Å². The van der Waals surface area contributed by atoms with Gasteiger partial charge in [-0.05, 0) is 44.0 Å². The van der Waals surface area contributed by atoms with Crippen molar-refractivity contribution in [3.63, 3.8) is 0 Å². The summed E-state index contributed by atoms with van der Waals surface area (Å²) in [5.41, 5.74) is 2.81. The molecule has 1 fully saturated rings. The largest absolute Gasteiger partial charge is 0.311 e. The molecular weight excluding hydrogens is 208 g/mol. The van der Waals surface area contributed by atoms with Crippen LogP contribution in [0.1, 0.15) is 30.9 Å². The van der Waals surface area contributed by atoms with Gasteiger partial charge in [0, 0.05) is 19.1 Å². The second-order valence-corrected chi connectivity index (χ2v) is 5.08. The van der Waals surface area contributed by atoms with Gasteiger partial charge in [0.05, 0.1) is 0 Å². The standard InChI is InChI=1S/C15H24N2/c1-3-13-6-8-14(9-7-13)11-16-12-15-5-4-10-17(15)2/h6-9,15-16H,3-5,10-12H2,1-2H3. The summed E-state index contributed by atoms with van der Waals surface area (Å²) in [5.74, 6) is 0. The van der Waals surface area contributed by atoms with Gasteiger partial charge < -0.3 is 10.2 Å². The number of hydrogen-bond acceptors (Lipinski definition) is 2. The number of likely N-dealkylation sites (tertiary alicyclic amines) is 1. The molecule has 0 spiro atoms. The first-order valence-electron chi connectivity index (χ1n) is 6.78. The third kappa shape index (κ3) is 3.55. The zero-order valence-corrected chi connectivity index (χ0v) is 11.1.